The molecule has 0 amide bonds. The van der Waals surface area contributed by atoms with E-state index in [1.165, 1.54) is 12.1 Å². The maximum Gasteiger partial charge on any atom is 0.269 e. The van der Waals surface area contributed by atoms with E-state index in [9.17, 15) is 15.2 Å². The van der Waals surface area contributed by atoms with Gasteiger partial charge in [-0.2, -0.15) is 0 Å². The average molecular weight is 238 g/mol. The Labute approximate surface area is 98.4 Å². The highest BCUT2D eigenvalue weighted by atomic mass is 16.6. The van der Waals surface area contributed by atoms with Gasteiger partial charge in [-0.15, -0.1) is 0 Å². The lowest BCUT2D eigenvalue weighted by Gasteiger charge is -2.14. The zero-order valence-electron chi connectivity index (χ0n) is 9.20. The third-order valence-electron chi connectivity index (χ3n) is 2.74. The minimum absolute atomic E-state index is 0.0764. The number of rotatable bonds is 4. The Balaban J connectivity index is 1.94. The molecule has 2 rings (SSSR count). The van der Waals surface area contributed by atoms with Crippen LogP contribution in [-0.4, -0.2) is 35.4 Å². The van der Waals surface area contributed by atoms with E-state index in [1.807, 2.05) is 6.07 Å². The molecule has 92 valence electrons. The van der Waals surface area contributed by atoms with Crippen LogP contribution in [0.15, 0.2) is 24.3 Å². The Morgan fingerprint density at radius 1 is 1.53 bits per heavy atom. The monoisotopic (exact) mass is 238 g/mol. The zero-order chi connectivity index (χ0) is 12.3. The van der Waals surface area contributed by atoms with Crippen molar-refractivity contribution in [3.05, 3.63) is 39.9 Å². The van der Waals surface area contributed by atoms with Crippen molar-refractivity contribution in [1.29, 1.82) is 0 Å². The smallest absolute Gasteiger partial charge is 0.269 e. The van der Waals surface area contributed by atoms with E-state index >= 15 is 0 Å². The molecular weight excluding hydrogens is 224 g/mol. The van der Waals surface area contributed by atoms with Crippen LogP contribution in [-0.2, 0) is 11.3 Å². The second kappa shape index (κ2) is 5.22. The fourth-order valence-corrected chi connectivity index (χ4v) is 1.77. The van der Waals surface area contributed by atoms with Gasteiger partial charge in [0, 0.05) is 18.7 Å². The number of hydrogen-bond donors (Lipinski definition) is 2. The van der Waals surface area contributed by atoms with Gasteiger partial charge in [-0.1, -0.05) is 12.1 Å². The molecule has 2 N–H and O–H groups in total. The van der Waals surface area contributed by atoms with Crippen molar-refractivity contribution in [2.75, 3.05) is 13.2 Å². The Morgan fingerprint density at radius 2 is 2.35 bits per heavy atom. The van der Waals surface area contributed by atoms with Crippen LogP contribution in [0.2, 0.25) is 0 Å². The zero-order valence-corrected chi connectivity index (χ0v) is 9.20. The van der Waals surface area contributed by atoms with Crippen molar-refractivity contribution in [3.63, 3.8) is 0 Å². The summed E-state index contributed by atoms with van der Waals surface area (Å²) in [6, 6.07) is 6.33. The number of nitrogens with one attached hydrogen (secondary N) is 1. The molecule has 6 heteroatoms. The second-order valence-corrected chi connectivity index (χ2v) is 4.02. The summed E-state index contributed by atoms with van der Waals surface area (Å²) in [5.41, 5.74) is 0.894. The van der Waals surface area contributed by atoms with Gasteiger partial charge in [0.1, 0.15) is 0 Å². The summed E-state index contributed by atoms with van der Waals surface area (Å²) in [5.74, 6) is 0. The first-order valence-electron chi connectivity index (χ1n) is 5.39. The topological polar surface area (TPSA) is 84.6 Å². The Kier molecular flexibility index (Phi) is 3.68. The first-order chi connectivity index (χ1) is 8.16. The van der Waals surface area contributed by atoms with E-state index in [0.717, 1.165) is 5.56 Å². The molecular formula is C11H14N2O4. The van der Waals surface area contributed by atoms with Crippen molar-refractivity contribution in [3.8, 4) is 0 Å². The van der Waals surface area contributed by atoms with Gasteiger partial charge in [0.25, 0.3) is 5.69 Å². The van der Waals surface area contributed by atoms with E-state index in [1.54, 1.807) is 6.07 Å². The van der Waals surface area contributed by atoms with Gasteiger partial charge in [-0.25, -0.2) is 0 Å². The van der Waals surface area contributed by atoms with Gasteiger partial charge in [0.05, 0.1) is 30.3 Å². The van der Waals surface area contributed by atoms with Crippen LogP contribution in [0.3, 0.4) is 0 Å². The van der Waals surface area contributed by atoms with Crippen molar-refractivity contribution in [2.24, 2.45) is 0 Å². The Morgan fingerprint density at radius 3 is 3.00 bits per heavy atom. The van der Waals surface area contributed by atoms with Crippen LogP contribution in [0, 0.1) is 10.1 Å². The normalized spacial score (nSPS) is 23.8. The lowest BCUT2D eigenvalue weighted by molar-refractivity contribution is -0.384. The summed E-state index contributed by atoms with van der Waals surface area (Å²) in [6.45, 7) is 1.29. The molecule has 1 aromatic rings. The molecule has 6 nitrogen and oxygen atoms in total. The maximum absolute atomic E-state index is 10.6. The average Bonchev–Trinajstić information content (AvgIpc) is 2.72. The van der Waals surface area contributed by atoms with E-state index in [4.69, 9.17) is 4.74 Å². The lowest BCUT2D eigenvalue weighted by Crippen LogP contribution is -2.38. The van der Waals surface area contributed by atoms with Gasteiger partial charge in [0.2, 0.25) is 0 Å². The van der Waals surface area contributed by atoms with Crippen LogP contribution in [0.25, 0.3) is 0 Å². The summed E-state index contributed by atoms with van der Waals surface area (Å²) in [4.78, 5) is 10.2. The van der Waals surface area contributed by atoms with Gasteiger partial charge < -0.3 is 15.2 Å². The first kappa shape index (κ1) is 12.0. The van der Waals surface area contributed by atoms with Crippen molar-refractivity contribution in [2.45, 2.75) is 18.7 Å². The molecule has 1 aliphatic heterocycles. The van der Waals surface area contributed by atoms with Gasteiger partial charge >= 0.3 is 0 Å². The molecule has 0 aromatic heterocycles. The fourth-order valence-electron chi connectivity index (χ4n) is 1.77. The Bertz CT molecular complexity index is 410. The summed E-state index contributed by atoms with van der Waals surface area (Å²) < 4.78 is 5.10. The Hall–Kier alpha value is -1.50. The van der Waals surface area contributed by atoms with Crippen LogP contribution in [0.4, 0.5) is 5.69 Å². The van der Waals surface area contributed by atoms with Crippen molar-refractivity contribution >= 4 is 5.69 Å². The molecule has 1 aromatic carbocycles. The van der Waals surface area contributed by atoms with Crippen LogP contribution in [0.5, 0.6) is 0 Å². The molecule has 17 heavy (non-hydrogen) atoms. The molecule has 1 heterocycles. The van der Waals surface area contributed by atoms with Crippen molar-refractivity contribution in [1.82, 2.24) is 5.32 Å². The lowest BCUT2D eigenvalue weighted by atomic mass is 10.1. The quantitative estimate of drug-likeness (QED) is 0.587. The minimum Gasteiger partial charge on any atom is -0.389 e. The highest BCUT2D eigenvalue weighted by Gasteiger charge is 2.25. The highest BCUT2D eigenvalue weighted by molar-refractivity contribution is 5.34. The number of hydrogen-bond acceptors (Lipinski definition) is 5. The van der Waals surface area contributed by atoms with Crippen LogP contribution < -0.4 is 5.32 Å². The predicted octanol–water partition coefficient (Wildman–Crippen LogP) is 0.444. The summed E-state index contributed by atoms with van der Waals surface area (Å²) in [5, 5.41) is 23.2. The van der Waals surface area contributed by atoms with E-state index in [2.05, 4.69) is 5.32 Å². The molecule has 2 unspecified atom stereocenters. The molecule has 1 saturated heterocycles. The summed E-state index contributed by atoms with van der Waals surface area (Å²) in [6.07, 6.45) is -0.506. The summed E-state index contributed by atoms with van der Waals surface area (Å²) >= 11 is 0. The number of aliphatic hydroxyl groups excluding tert-OH is 1. The molecule has 2 atom stereocenters. The van der Waals surface area contributed by atoms with Gasteiger partial charge in [0.15, 0.2) is 0 Å². The highest BCUT2D eigenvalue weighted by Crippen LogP contribution is 2.13. The van der Waals surface area contributed by atoms with E-state index in [-0.39, 0.29) is 11.7 Å². The van der Waals surface area contributed by atoms with Gasteiger partial charge in [-0.3, -0.25) is 10.1 Å². The number of non-ortho nitro benzene ring substituents is 1. The molecule has 0 aliphatic carbocycles. The van der Waals surface area contributed by atoms with Crippen LogP contribution in [0.1, 0.15) is 5.56 Å². The third kappa shape index (κ3) is 3.00. The summed E-state index contributed by atoms with van der Waals surface area (Å²) in [7, 11) is 0. The fraction of sp³-hybridized carbons (Fsp3) is 0.455. The number of ether oxygens (including phenoxy) is 1. The maximum atomic E-state index is 10.6. The molecule has 0 spiro atoms. The van der Waals surface area contributed by atoms with E-state index < -0.39 is 11.0 Å². The third-order valence-corrected chi connectivity index (χ3v) is 2.74. The largest absolute Gasteiger partial charge is 0.389 e. The van der Waals surface area contributed by atoms with Crippen LogP contribution >= 0.6 is 0 Å². The molecule has 0 saturated carbocycles. The number of benzene rings is 1. The SMILES string of the molecule is O=[N+]([O-])c1cccc(CNC2COCC2O)c1. The number of nitrogens with zero attached hydrogens (tertiary/aromatic N) is 1. The predicted molar refractivity (Wildman–Crippen MR) is 60.5 cm³/mol. The molecule has 0 radical (unpaired) electrons. The second-order valence-electron chi connectivity index (χ2n) is 4.02. The van der Waals surface area contributed by atoms with Crippen molar-refractivity contribution < 1.29 is 14.8 Å². The van der Waals surface area contributed by atoms with E-state index in [0.29, 0.717) is 19.8 Å². The molecule has 1 aliphatic rings. The minimum atomic E-state index is -0.506. The number of aliphatic hydroxyl groups is 1. The molecule has 1 fully saturated rings. The molecule has 0 bridgehead atoms. The number of nitro benzene ring substituents is 1. The first-order valence-corrected chi connectivity index (χ1v) is 5.39. The number of nitro groups is 1. The standard InChI is InChI=1S/C11H14N2O4/c14-11-7-17-6-10(11)12-5-8-2-1-3-9(4-8)13(15)16/h1-4,10-12,14H,5-7H2. The van der Waals surface area contributed by atoms with Gasteiger partial charge in [-0.05, 0) is 5.56 Å².